The largest absolute Gasteiger partial charge is 0.452 e. The van der Waals surface area contributed by atoms with E-state index in [1.807, 2.05) is 17.5 Å². The third-order valence-electron chi connectivity index (χ3n) is 3.46. The molecular weight excluding hydrogens is 360 g/mol. The van der Waals surface area contributed by atoms with Crippen molar-refractivity contribution in [3.63, 3.8) is 0 Å². The Bertz CT molecular complexity index is 790. The van der Waals surface area contributed by atoms with Crippen molar-refractivity contribution in [3.8, 4) is 0 Å². The van der Waals surface area contributed by atoms with Gasteiger partial charge in [0.1, 0.15) is 0 Å². The van der Waals surface area contributed by atoms with Crippen molar-refractivity contribution in [2.75, 3.05) is 24.2 Å². The highest BCUT2D eigenvalue weighted by Crippen LogP contribution is 2.32. The number of fused-ring (bicyclic) bond motifs is 1. The molecule has 0 spiro atoms. The second kappa shape index (κ2) is 8.17. The van der Waals surface area contributed by atoms with Crippen molar-refractivity contribution in [3.05, 3.63) is 46.2 Å². The first-order valence-corrected chi connectivity index (χ1v) is 9.51. The molecule has 0 saturated carbocycles. The van der Waals surface area contributed by atoms with Gasteiger partial charge in [0.25, 0.3) is 5.91 Å². The Hall–Kier alpha value is -2.32. The maximum atomic E-state index is 12.1. The molecule has 0 saturated heterocycles. The van der Waals surface area contributed by atoms with Gasteiger partial charge >= 0.3 is 5.97 Å². The molecule has 3 rings (SSSR count). The maximum Gasteiger partial charge on any atom is 0.338 e. The Labute approximate surface area is 152 Å². The summed E-state index contributed by atoms with van der Waals surface area (Å²) in [5.74, 6) is -0.677. The highest BCUT2D eigenvalue weighted by Gasteiger charge is 2.18. The Kier molecular flexibility index (Phi) is 5.72. The number of esters is 1. The van der Waals surface area contributed by atoms with Crippen molar-refractivity contribution in [1.82, 2.24) is 5.32 Å². The summed E-state index contributed by atoms with van der Waals surface area (Å²) in [4.78, 5) is 37.3. The molecule has 2 aromatic rings. The number of hydrogen-bond donors (Lipinski definition) is 2. The minimum atomic E-state index is -0.596. The number of benzene rings is 1. The molecule has 1 aliphatic heterocycles. The number of carbonyl (C=O) groups is 3. The van der Waals surface area contributed by atoms with E-state index >= 15 is 0 Å². The van der Waals surface area contributed by atoms with Crippen LogP contribution in [-0.2, 0) is 20.7 Å². The fourth-order valence-electron chi connectivity index (χ4n) is 2.26. The summed E-state index contributed by atoms with van der Waals surface area (Å²) >= 11 is 3.05. The van der Waals surface area contributed by atoms with E-state index in [1.54, 1.807) is 29.5 Å². The predicted octanol–water partition coefficient (Wildman–Crippen LogP) is 2.31. The third kappa shape index (κ3) is 4.83. The molecular formula is C17H16N2O4S2. The number of ether oxygens (including phenoxy) is 1. The van der Waals surface area contributed by atoms with Crippen molar-refractivity contribution < 1.29 is 19.1 Å². The van der Waals surface area contributed by atoms with Crippen LogP contribution in [0.4, 0.5) is 5.69 Å². The van der Waals surface area contributed by atoms with E-state index in [9.17, 15) is 14.4 Å². The molecule has 25 heavy (non-hydrogen) atoms. The molecule has 130 valence electrons. The Morgan fingerprint density at radius 2 is 2.16 bits per heavy atom. The Morgan fingerprint density at radius 1 is 1.28 bits per heavy atom. The Morgan fingerprint density at radius 3 is 2.96 bits per heavy atom. The van der Waals surface area contributed by atoms with E-state index in [4.69, 9.17) is 4.74 Å². The van der Waals surface area contributed by atoms with Crippen molar-refractivity contribution >= 4 is 46.6 Å². The van der Waals surface area contributed by atoms with Crippen molar-refractivity contribution in [1.29, 1.82) is 0 Å². The lowest BCUT2D eigenvalue weighted by Gasteiger charge is -2.16. The van der Waals surface area contributed by atoms with Crippen molar-refractivity contribution in [2.45, 2.75) is 11.3 Å². The van der Waals surface area contributed by atoms with Gasteiger partial charge in [0.2, 0.25) is 5.91 Å². The van der Waals surface area contributed by atoms with E-state index in [1.165, 1.54) is 16.6 Å². The number of anilines is 1. The van der Waals surface area contributed by atoms with Gasteiger partial charge in [-0.3, -0.25) is 9.59 Å². The standard InChI is InChI=1S/C17H16N2O4S2/c20-15(18-6-5-12-2-1-7-24-12)9-23-17(22)11-3-4-14-13(8-11)19-16(21)10-25-14/h1-4,7-8H,5-6,9-10H2,(H,18,20)(H,19,21). The molecule has 0 fully saturated rings. The summed E-state index contributed by atoms with van der Waals surface area (Å²) in [5, 5.41) is 7.41. The average molecular weight is 376 g/mol. The summed E-state index contributed by atoms with van der Waals surface area (Å²) in [5.41, 5.74) is 0.893. The third-order valence-corrected chi connectivity index (χ3v) is 5.47. The Balaban J connectivity index is 1.46. The minimum absolute atomic E-state index is 0.104. The maximum absolute atomic E-state index is 12.1. The number of rotatable bonds is 6. The van der Waals surface area contributed by atoms with Gasteiger partial charge in [0.15, 0.2) is 6.61 Å². The summed E-state index contributed by atoms with van der Waals surface area (Å²) in [7, 11) is 0. The SMILES string of the molecule is O=C(COC(=O)c1ccc2c(c1)NC(=O)CS2)NCCc1cccs1. The van der Waals surface area contributed by atoms with Crippen LogP contribution in [0.25, 0.3) is 0 Å². The quantitative estimate of drug-likeness (QED) is 0.756. The van der Waals surface area contributed by atoms with Gasteiger partial charge in [0, 0.05) is 16.3 Å². The zero-order chi connectivity index (χ0) is 17.6. The highest BCUT2D eigenvalue weighted by molar-refractivity contribution is 8.00. The molecule has 2 N–H and O–H groups in total. The topological polar surface area (TPSA) is 84.5 Å². The lowest BCUT2D eigenvalue weighted by atomic mass is 10.2. The summed E-state index contributed by atoms with van der Waals surface area (Å²) in [6.45, 7) is 0.167. The monoisotopic (exact) mass is 376 g/mol. The van der Waals surface area contributed by atoms with E-state index in [-0.39, 0.29) is 18.4 Å². The van der Waals surface area contributed by atoms with E-state index in [0.717, 1.165) is 11.3 Å². The van der Waals surface area contributed by atoms with Gasteiger partial charge in [-0.25, -0.2) is 4.79 Å². The van der Waals surface area contributed by atoms with Crippen LogP contribution >= 0.6 is 23.1 Å². The zero-order valence-electron chi connectivity index (χ0n) is 13.2. The van der Waals surface area contributed by atoms with Crippen LogP contribution in [0.5, 0.6) is 0 Å². The number of nitrogens with one attached hydrogen (secondary N) is 2. The number of thiophene rings is 1. The van der Waals surface area contributed by atoms with E-state index in [0.29, 0.717) is 23.5 Å². The first-order valence-electron chi connectivity index (χ1n) is 7.65. The molecule has 0 unspecified atom stereocenters. The number of carbonyl (C=O) groups excluding carboxylic acids is 3. The van der Waals surface area contributed by atoms with Gasteiger partial charge in [-0.15, -0.1) is 23.1 Å². The highest BCUT2D eigenvalue weighted by atomic mass is 32.2. The lowest BCUT2D eigenvalue weighted by Crippen LogP contribution is -2.30. The molecule has 1 aromatic heterocycles. The summed E-state index contributed by atoms with van der Waals surface area (Å²) < 4.78 is 5.03. The molecule has 0 bridgehead atoms. The molecule has 0 radical (unpaired) electrons. The van der Waals surface area contributed by atoms with Gasteiger partial charge < -0.3 is 15.4 Å². The predicted molar refractivity (Wildman–Crippen MR) is 97.1 cm³/mol. The number of hydrogen-bond acceptors (Lipinski definition) is 6. The van der Waals surface area contributed by atoms with Crippen LogP contribution in [0.2, 0.25) is 0 Å². The molecule has 8 heteroatoms. The number of amides is 2. The van der Waals surface area contributed by atoms with Gasteiger partial charge in [-0.1, -0.05) is 6.07 Å². The summed E-state index contributed by atoms with van der Waals surface area (Å²) in [6.07, 6.45) is 0.750. The molecule has 1 aliphatic rings. The van der Waals surface area contributed by atoms with E-state index < -0.39 is 5.97 Å². The lowest BCUT2D eigenvalue weighted by molar-refractivity contribution is -0.124. The van der Waals surface area contributed by atoms with Gasteiger partial charge in [-0.05, 0) is 36.1 Å². The average Bonchev–Trinajstić information content (AvgIpc) is 3.12. The molecule has 1 aromatic carbocycles. The van der Waals surface area contributed by atoms with Crippen LogP contribution < -0.4 is 10.6 Å². The van der Waals surface area contributed by atoms with Crippen molar-refractivity contribution in [2.24, 2.45) is 0 Å². The normalized spacial score (nSPS) is 12.9. The molecule has 0 aliphatic carbocycles. The second-order valence-corrected chi connectivity index (χ2v) is 7.35. The zero-order valence-corrected chi connectivity index (χ0v) is 14.9. The first kappa shape index (κ1) is 17.5. The van der Waals surface area contributed by atoms with Crippen LogP contribution in [0.15, 0.2) is 40.6 Å². The summed E-state index contributed by atoms with van der Waals surface area (Å²) in [6, 6.07) is 8.92. The molecule has 0 atom stereocenters. The molecule has 6 nitrogen and oxygen atoms in total. The van der Waals surface area contributed by atoms with Crippen LogP contribution in [0, 0.1) is 0 Å². The van der Waals surface area contributed by atoms with Crippen LogP contribution in [-0.4, -0.2) is 36.7 Å². The molecule has 2 amide bonds. The number of thioether (sulfide) groups is 1. The van der Waals surface area contributed by atoms with Gasteiger partial charge in [0.05, 0.1) is 17.0 Å². The van der Waals surface area contributed by atoms with Gasteiger partial charge in [-0.2, -0.15) is 0 Å². The van der Waals surface area contributed by atoms with Crippen LogP contribution in [0.1, 0.15) is 15.2 Å². The second-order valence-electron chi connectivity index (χ2n) is 5.30. The fraction of sp³-hybridized carbons (Fsp3) is 0.235. The minimum Gasteiger partial charge on any atom is -0.452 e. The fourth-order valence-corrected chi connectivity index (χ4v) is 3.75. The van der Waals surface area contributed by atoms with Crippen LogP contribution in [0.3, 0.4) is 0 Å². The first-order chi connectivity index (χ1) is 12.1. The molecule has 2 heterocycles. The van der Waals surface area contributed by atoms with E-state index in [2.05, 4.69) is 10.6 Å². The smallest absolute Gasteiger partial charge is 0.338 e.